The first-order chi connectivity index (χ1) is 13.7. The van der Waals surface area contributed by atoms with E-state index in [1.807, 2.05) is 48.8 Å². The van der Waals surface area contributed by atoms with Crippen molar-refractivity contribution in [3.8, 4) is 0 Å². The number of aromatic nitrogens is 2. The molecule has 0 saturated heterocycles. The zero-order chi connectivity index (χ0) is 19.5. The van der Waals surface area contributed by atoms with Gasteiger partial charge in [-0.25, -0.2) is 0 Å². The van der Waals surface area contributed by atoms with E-state index >= 15 is 0 Å². The molecule has 3 aromatic rings. The van der Waals surface area contributed by atoms with Crippen molar-refractivity contribution < 1.29 is 18.9 Å². The minimum absolute atomic E-state index is 0.0864. The molecule has 5 heteroatoms. The molecule has 1 aliphatic rings. The van der Waals surface area contributed by atoms with E-state index in [0.717, 1.165) is 25.7 Å². The first-order valence-corrected chi connectivity index (χ1v) is 16.6. The molecule has 2 aromatic heterocycles. The fraction of sp³-hybridized carbons (Fsp3) is 0.0870. The van der Waals surface area contributed by atoms with Crippen LogP contribution in [0.15, 0.2) is 84.7 Å². The van der Waals surface area contributed by atoms with Gasteiger partial charge in [-0.2, -0.15) is 0 Å². The topological polar surface area (TPSA) is 25.8 Å². The van der Waals surface area contributed by atoms with Gasteiger partial charge in [0.25, 0.3) is 0 Å². The molecule has 0 spiro atoms. The Hall–Kier alpha value is -1.67. The summed E-state index contributed by atoms with van der Waals surface area (Å²) in [5.74, 6) is 0.0864. The molecule has 1 atom stereocenters. The summed E-state index contributed by atoms with van der Waals surface area (Å²) < 4.78 is 1.10. The van der Waals surface area contributed by atoms with Gasteiger partial charge in [0.1, 0.15) is 0 Å². The summed E-state index contributed by atoms with van der Waals surface area (Å²) in [6.45, 7) is 2.07. The standard InChI is InChI=1S/C23H18N2.2ClH.Zr/c1-2-18(20-14-13-17-9-3-4-10-19(17)20)23(21-11-5-7-15-24-21)22-12-6-8-16-25-22;;;/h3-16,20H,1H3;2*1H;/q;;;+2/p-2. The summed E-state index contributed by atoms with van der Waals surface area (Å²) in [6, 6.07) is 20.3. The maximum atomic E-state index is 6.57. The summed E-state index contributed by atoms with van der Waals surface area (Å²) in [6.07, 6.45) is 8.03. The Morgan fingerprint density at radius 2 is 1.46 bits per heavy atom. The number of rotatable bonds is 4. The van der Waals surface area contributed by atoms with Crippen molar-refractivity contribution in [2.75, 3.05) is 0 Å². The van der Waals surface area contributed by atoms with Crippen LogP contribution in [-0.2, 0) is 18.9 Å². The van der Waals surface area contributed by atoms with Crippen LogP contribution in [0.2, 0.25) is 0 Å². The average molecular weight is 485 g/mol. The number of pyridine rings is 2. The summed E-state index contributed by atoms with van der Waals surface area (Å²) in [7, 11) is 13.1. The number of fused-ring (bicyclic) bond motifs is 1. The fourth-order valence-corrected chi connectivity index (χ4v) is 6.00. The summed E-state index contributed by atoms with van der Waals surface area (Å²) >= 11 is -2.69. The molecular weight excluding hydrogens is 466 g/mol. The number of halogens is 2. The number of benzene rings is 1. The number of allylic oxidation sites excluding steroid dienone is 2. The first kappa shape index (κ1) is 19.6. The van der Waals surface area contributed by atoms with Crippen LogP contribution in [0.4, 0.5) is 0 Å². The summed E-state index contributed by atoms with van der Waals surface area (Å²) in [4.78, 5) is 9.29. The van der Waals surface area contributed by atoms with Gasteiger partial charge in [0.2, 0.25) is 0 Å². The van der Waals surface area contributed by atoms with Crippen molar-refractivity contribution in [2.45, 2.75) is 12.8 Å². The van der Waals surface area contributed by atoms with Crippen molar-refractivity contribution in [3.63, 3.8) is 0 Å². The number of hydrogen-bond donors (Lipinski definition) is 0. The van der Waals surface area contributed by atoms with Gasteiger partial charge in [-0.3, -0.25) is 0 Å². The molecular formula is C23H18Cl2N2Zr. The molecule has 1 unspecified atom stereocenters. The SMILES string of the molecule is C[C](C(=C(c1ccccn1)c1ccccn1)C1C=Cc2ccccc21)=[Zr]([Cl])[Cl]. The van der Waals surface area contributed by atoms with Crippen LogP contribution < -0.4 is 0 Å². The van der Waals surface area contributed by atoms with E-state index in [1.54, 1.807) is 0 Å². The van der Waals surface area contributed by atoms with E-state index in [4.69, 9.17) is 17.0 Å². The van der Waals surface area contributed by atoms with Crippen LogP contribution >= 0.6 is 17.0 Å². The van der Waals surface area contributed by atoms with Crippen molar-refractivity contribution in [1.29, 1.82) is 0 Å². The van der Waals surface area contributed by atoms with Crippen LogP contribution in [-0.4, -0.2) is 13.2 Å². The van der Waals surface area contributed by atoms with Crippen LogP contribution in [0, 0.1) is 0 Å². The molecule has 0 fully saturated rings. The molecule has 138 valence electrons. The third-order valence-corrected chi connectivity index (χ3v) is 10.3. The Bertz CT molecular complexity index is 1040. The number of nitrogens with zero attached hydrogens (tertiary/aromatic N) is 2. The van der Waals surface area contributed by atoms with E-state index in [1.165, 1.54) is 11.1 Å². The average Bonchev–Trinajstić information content (AvgIpc) is 3.16. The number of hydrogen-bond acceptors (Lipinski definition) is 2. The van der Waals surface area contributed by atoms with Crippen molar-refractivity contribution in [1.82, 2.24) is 9.97 Å². The molecule has 1 aromatic carbocycles. The van der Waals surface area contributed by atoms with Gasteiger partial charge in [0.05, 0.1) is 0 Å². The minimum atomic E-state index is -2.69. The second-order valence-electron chi connectivity index (χ2n) is 6.57. The third kappa shape index (κ3) is 3.89. The van der Waals surface area contributed by atoms with Crippen LogP contribution in [0.3, 0.4) is 0 Å². The molecule has 0 saturated carbocycles. The van der Waals surface area contributed by atoms with Gasteiger partial charge in [-0.15, -0.1) is 0 Å². The van der Waals surface area contributed by atoms with E-state index < -0.39 is 18.9 Å². The zero-order valence-corrected chi connectivity index (χ0v) is 19.3. The van der Waals surface area contributed by atoms with Crippen LogP contribution in [0.25, 0.3) is 11.6 Å². The predicted octanol–water partition coefficient (Wildman–Crippen LogP) is 6.21. The predicted molar refractivity (Wildman–Crippen MR) is 115 cm³/mol. The quantitative estimate of drug-likeness (QED) is 0.440. The molecule has 0 radical (unpaired) electrons. The molecule has 1 aliphatic carbocycles. The second kappa shape index (κ2) is 8.78. The van der Waals surface area contributed by atoms with Gasteiger partial charge in [0.15, 0.2) is 0 Å². The van der Waals surface area contributed by atoms with E-state index in [0.29, 0.717) is 0 Å². The van der Waals surface area contributed by atoms with Gasteiger partial charge < -0.3 is 0 Å². The van der Waals surface area contributed by atoms with Gasteiger partial charge in [-0.05, 0) is 0 Å². The molecule has 2 heterocycles. The van der Waals surface area contributed by atoms with Gasteiger partial charge >= 0.3 is 181 Å². The maximum absolute atomic E-state index is 6.57. The second-order valence-corrected chi connectivity index (χ2v) is 15.3. The molecule has 4 rings (SSSR count). The van der Waals surface area contributed by atoms with E-state index in [9.17, 15) is 0 Å². The van der Waals surface area contributed by atoms with Gasteiger partial charge in [-0.1, -0.05) is 0 Å². The van der Waals surface area contributed by atoms with Crippen molar-refractivity contribution >= 4 is 31.9 Å². The monoisotopic (exact) mass is 482 g/mol. The van der Waals surface area contributed by atoms with Gasteiger partial charge in [0, 0.05) is 0 Å². The molecule has 28 heavy (non-hydrogen) atoms. The zero-order valence-electron chi connectivity index (χ0n) is 15.3. The molecule has 0 bridgehead atoms. The fourth-order valence-electron chi connectivity index (χ4n) is 3.61. The summed E-state index contributed by atoms with van der Waals surface area (Å²) in [5.41, 5.74) is 6.40. The normalized spacial score (nSPS) is 14.5. The van der Waals surface area contributed by atoms with E-state index in [2.05, 4.69) is 53.3 Å². The van der Waals surface area contributed by atoms with Crippen LogP contribution in [0.1, 0.15) is 35.4 Å². The molecule has 0 aliphatic heterocycles. The Labute approximate surface area is 179 Å². The molecule has 0 N–H and O–H groups in total. The molecule has 0 amide bonds. The van der Waals surface area contributed by atoms with Crippen LogP contribution in [0.5, 0.6) is 0 Å². The molecule has 2 nitrogen and oxygen atoms in total. The Balaban J connectivity index is 2.06. The summed E-state index contributed by atoms with van der Waals surface area (Å²) in [5, 5.41) is 0. The Kier molecular flexibility index (Phi) is 6.16. The third-order valence-electron chi connectivity index (χ3n) is 4.91. The Morgan fingerprint density at radius 3 is 2.04 bits per heavy atom. The van der Waals surface area contributed by atoms with Crippen molar-refractivity contribution in [2.24, 2.45) is 0 Å². The van der Waals surface area contributed by atoms with E-state index in [-0.39, 0.29) is 5.92 Å². The first-order valence-electron chi connectivity index (χ1n) is 9.03. The van der Waals surface area contributed by atoms with Crippen molar-refractivity contribution in [3.05, 3.63) is 107 Å². The Morgan fingerprint density at radius 1 is 0.857 bits per heavy atom.